The van der Waals surface area contributed by atoms with Crippen LogP contribution in [-0.4, -0.2) is 70.9 Å². The average molecular weight is 426 g/mol. The summed E-state index contributed by atoms with van der Waals surface area (Å²) in [6, 6.07) is 3.52. The van der Waals surface area contributed by atoms with E-state index in [1.165, 1.54) is 17.1 Å². The maximum absolute atomic E-state index is 11.7. The molecule has 4 heterocycles. The molecule has 9 nitrogen and oxygen atoms in total. The second kappa shape index (κ2) is 7.79. The summed E-state index contributed by atoms with van der Waals surface area (Å²) in [7, 11) is 0. The molecule has 0 saturated heterocycles. The van der Waals surface area contributed by atoms with Crippen molar-refractivity contribution in [2.45, 2.75) is 45.2 Å². The Hall–Kier alpha value is -3.23. The third-order valence-electron chi connectivity index (χ3n) is 4.87. The summed E-state index contributed by atoms with van der Waals surface area (Å²) in [5.74, 6) is 0.875. The first-order valence-electron chi connectivity index (χ1n) is 10.3. The van der Waals surface area contributed by atoms with Gasteiger partial charge in [-0.2, -0.15) is 0 Å². The first kappa shape index (κ1) is 21.0. The maximum Gasteiger partial charge on any atom is 0.253 e. The van der Waals surface area contributed by atoms with Crippen molar-refractivity contribution in [2.75, 3.05) is 26.4 Å². The first-order chi connectivity index (χ1) is 14.6. The Balaban J connectivity index is 1.51. The SMILES string of the molecule is CC1(C)COC(c2cc(OCCCN3C(=O)C=CC3=O)cc(C3=NC(C)(C)CO3)n2)=N1. The fourth-order valence-corrected chi connectivity index (χ4v) is 3.30. The van der Waals surface area contributed by atoms with Gasteiger partial charge >= 0.3 is 0 Å². The molecule has 0 saturated carbocycles. The number of hydrogen-bond acceptors (Lipinski definition) is 8. The predicted molar refractivity (Wildman–Crippen MR) is 113 cm³/mol. The summed E-state index contributed by atoms with van der Waals surface area (Å²) in [4.78, 5) is 38.3. The van der Waals surface area contributed by atoms with Gasteiger partial charge in [0.25, 0.3) is 11.8 Å². The smallest absolute Gasteiger partial charge is 0.253 e. The second-order valence-electron chi connectivity index (χ2n) is 8.97. The molecule has 0 aliphatic carbocycles. The molecule has 0 atom stereocenters. The standard InChI is InChI=1S/C22H26N4O5/c1-21(2)12-30-19(24-21)15-10-14(11-16(23-15)20-25-22(3,4)13-31-20)29-9-5-8-26-17(27)6-7-18(26)28/h6-7,10-11H,5,8-9,12-13H2,1-4H3. The van der Waals surface area contributed by atoms with Gasteiger partial charge in [0.05, 0.1) is 17.7 Å². The summed E-state index contributed by atoms with van der Waals surface area (Å²) in [5.41, 5.74) is 0.451. The van der Waals surface area contributed by atoms with E-state index in [0.29, 0.717) is 61.7 Å². The lowest BCUT2D eigenvalue weighted by molar-refractivity contribution is -0.136. The van der Waals surface area contributed by atoms with Gasteiger partial charge in [-0.15, -0.1) is 0 Å². The highest BCUT2D eigenvalue weighted by Crippen LogP contribution is 2.26. The molecule has 2 amide bonds. The number of hydrogen-bond donors (Lipinski definition) is 0. The molecule has 0 N–H and O–H groups in total. The van der Waals surface area contributed by atoms with E-state index >= 15 is 0 Å². The Morgan fingerprint density at radius 2 is 1.45 bits per heavy atom. The minimum Gasteiger partial charge on any atom is -0.493 e. The number of imide groups is 1. The van der Waals surface area contributed by atoms with Gasteiger partial charge in [-0.05, 0) is 34.1 Å². The number of pyridine rings is 1. The van der Waals surface area contributed by atoms with Crippen LogP contribution in [0.2, 0.25) is 0 Å². The zero-order valence-corrected chi connectivity index (χ0v) is 18.2. The molecule has 1 aromatic rings. The van der Waals surface area contributed by atoms with Crippen molar-refractivity contribution < 1.29 is 23.8 Å². The van der Waals surface area contributed by atoms with Crippen LogP contribution in [0.1, 0.15) is 45.5 Å². The number of aliphatic imine (C=N–C) groups is 2. The highest BCUT2D eigenvalue weighted by molar-refractivity contribution is 6.12. The van der Waals surface area contributed by atoms with E-state index < -0.39 is 0 Å². The van der Waals surface area contributed by atoms with Crippen LogP contribution in [0, 0.1) is 0 Å². The summed E-state index contributed by atoms with van der Waals surface area (Å²) in [6.07, 6.45) is 3.05. The lowest BCUT2D eigenvalue weighted by Gasteiger charge is -2.14. The molecule has 9 heteroatoms. The number of carbonyl (C=O) groups is 2. The van der Waals surface area contributed by atoms with Gasteiger partial charge in [0.2, 0.25) is 11.8 Å². The number of carbonyl (C=O) groups excluding carboxylic acids is 2. The van der Waals surface area contributed by atoms with Crippen LogP contribution >= 0.6 is 0 Å². The molecule has 3 aliphatic heterocycles. The van der Waals surface area contributed by atoms with Crippen LogP contribution in [0.4, 0.5) is 0 Å². The third-order valence-corrected chi connectivity index (χ3v) is 4.87. The lowest BCUT2D eigenvalue weighted by Crippen LogP contribution is -2.31. The summed E-state index contributed by atoms with van der Waals surface area (Å²) in [6.45, 7) is 9.52. The van der Waals surface area contributed by atoms with Crippen molar-refractivity contribution in [3.8, 4) is 5.75 Å². The molecule has 0 fully saturated rings. The van der Waals surface area contributed by atoms with E-state index in [2.05, 4.69) is 15.0 Å². The Morgan fingerprint density at radius 3 is 1.90 bits per heavy atom. The highest BCUT2D eigenvalue weighted by Gasteiger charge is 2.31. The van der Waals surface area contributed by atoms with E-state index in [9.17, 15) is 9.59 Å². The maximum atomic E-state index is 11.7. The Labute approximate surface area is 180 Å². The summed E-state index contributed by atoms with van der Waals surface area (Å²) in [5, 5.41) is 0. The zero-order chi connectivity index (χ0) is 22.2. The number of amides is 2. The topological polar surface area (TPSA) is 103 Å². The van der Waals surface area contributed by atoms with Gasteiger partial charge in [-0.3, -0.25) is 14.5 Å². The van der Waals surface area contributed by atoms with Gasteiger partial charge in [0.15, 0.2) is 0 Å². The van der Waals surface area contributed by atoms with Crippen LogP contribution in [0.25, 0.3) is 0 Å². The summed E-state index contributed by atoms with van der Waals surface area (Å²) < 4.78 is 17.4. The summed E-state index contributed by atoms with van der Waals surface area (Å²) >= 11 is 0. The fraction of sp³-hybridized carbons (Fsp3) is 0.500. The fourth-order valence-electron chi connectivity index (χ4n) is 3.30. The van der Waals surface area contributed by atoms with Gasteiger partial charge in [-0.25, -0.2) is 15.0 Å². The molecule has 164 valence electrons. The molecular formula is C22H26N4O5. The lowest BCUT2D eigenvalue weighted by atomic mass is 10.1. The molecule has 31 heavy (non-hydrogen) atoms. The third kappa shape index (κ3) is 4.76. The van der Waals surface area contributed by atoms with Crippen molar-refractivity contribution in [1.82, 2.24) is 9.88 Å². The van der Waals surface area contributed by atoms with Crippen molar-refractivity contribution in [2.24, 2.45) is 9.98 Å². The zero-order valence-electron chi connectivity index (χ0n) is 18.2. The van der Waals surface area contributed by atoms with Gasteiger partial charge in [0.1, 0.15) is 30.4 Å². The molecule has 1 aromatic heterocycles. The van der Waals surface area contributed by atoms with E-state index in [1.54, 1.807) is 12.1 Å². The minimum atomic E-state index is -0.319. The van der Waals surface area contributed by atoms with Gasteiger partial charge in [0, 0.05) is 30.8 Å². The predicted octanol–water partition coefficient (Wildman–Crippen LogP) is 1.89. The van der Waals surface area contributed by atoms with Gasteiger partial charge in [-0.1, -0.05) is 0 Å². The quantitative estimate of drug-likeness (QED) is 0.487. The van der Waals surface area contributed by atoms with Crippen LogP contribution in [0.5, 0.6) is 5.75 Å². The number of aromatic nitrogens is 1. The first-order valence-corrected chi connectivity index (χ1v) is 10.3. The average Bonchev–Trinajstić information content (AvgIpc) is 3.36. The highest BCUT2D eigenvalue weighted by atomic mass is 16.5. The molecule has 0 radical (unpaired) electrons. The van der Waals surface area contributed by atoms with Gasteiger partial charge < -0.3 is 14.2 Å². The molecule has 0 spiro atoms. The molecule has 0 bridgehead atoms. The number of nitrogens with zero attached hydrogens (tertiary/aromatic N) is 4. The Bertz CT molecular complexity index is 939. The van der Waals surface area contributed by atoms with Crippen molar-refractivity contribution in [3.05, 3.63) is 35.7 Å². The van der Waals surface area contributed by atoms with Crippen molar-refractivity contribution in [1.29, 1.82) is 0 Å². The van der Waals surface area contributed by atoms with Crippen molar-refractivity contribution >= 4 is 23.6 Å². The monoisotopic (exact) mass is 426 g/mol. The molecule has 4 rings (SSSR count). The van der Waals surface area contributed by atoms with E-state index in [-0.39, 0.29) is 22.9 Å². The second-order valence-corrected chi connectivity index (χ2v) is 8.97. The number of rotatable bonds is 7. The molecule has 3 aliphatic rings. The molecule has 0 unspecified atom stereocenters. The largest absolute Gasteiger partial charge is 0.493 e. The van der Waals surface area contributed by atoms with Crippen molar-refractivity contribution in [3.63, 3.8) is 0 Å². The normalized spacial score (nSPS) is 21.1. The molecular weight excluding hydrogens is 400 g/mol. The van der Waals surface area contributed by atoms with Crippen LogP contribution in [0.15, 0.2) is 34.3 Å². The van der Waals surface area contributed by atoms with E-state index in [0.717, 1.165) is 0 Å². The number of ether oxygens (including phenoxy) is 3. The van der Waals surface area contributed by atoms with E-state index in [4.69, 9.17) is 14.2 Å². The van der Waals surface area contributed by atoms with Crippen LogP contribution < -0.4 is 4.74 Å². The Kier molecular flexibility index (Phi) is 5.28. The van der Waals surface area contributed by atoms with Crippen LogP contribution in [0.3, 0.4) is 0 Å². The minimum absolute atomic E-state index is 0.295. The van der Waals surface area contributed by atoms with E-state index in [1.807, 2.05) is 27.7 Å². The van der Waals surface area contributed by atoms with Crippen LogP contribution in [-0.2, 0) is 19.1 Å². The Morgan fingerprint density at radius 1 is 0.935 bits per heavy atom. The molecule has 0 aromatic carbocycles.